The van der Waals surface area contributed by atoms with Gasteiger partial charge in [-0.05, 0) is 61.6 Å². The Hall–Kier alpha value is -3.86. The van der Waals surface area contributed by atoms with Crippen LogP contribution in [0.5, 0.6) is 5.75 Å². The number of aryl methyl sites for hydroxylation is 2. The molecular weight excluding hydrogens is 412 g/mol. The fourth-order valence-corrected chi connectivity index (χ4v) is 3.93. The number of hydrogen-bond acceptors (Lipinski definition) is 4. The minimum Gasteiger partial charge on any atom is -0.492 e. The van der Waals surface area contributed by atoms with Crippen LogP contribution in [0, 0.1) is 13.8 Å². The lowest BCUT2D eigenvalue weighted by Gasteiger charge is -2.16. The number of hydrogen-bond donors (Lipinski definition) is 1. The lowest BCUT2D eigenvalue weighted by molar-refractivity contribution is -0.136. The Balaban J connectivity index is 1.72. The molecule has 1 aliphatic heterocycles. The van der Waals surface area contributed by atoms with Gasteiger partial charge in [-0.1, -0.05) is 60.7 Å². The van der Waals surface area contributed by atoms with E-state index in [0.717, 1.165) is 22.3 Å². The number of benzene rings is 3. The number of amides is 2. The van der Waals surface area contributed by atoms with E-state index in [2.05, 4.69) is 5.32 Å². The second-order valence-corrected chi connectivity index (χ2v) is 8.10. The van der Waals surface area contributed by atoms with Gasteiger partial charge in [-0.3, -0.25) is 14.5 Å². The summed E-state index contributed by atoms with van der Waals surface area (Å²) in [5.74, 6) is 0.0287. The van der Waals surface area contributed by atoms with Crippen molar-refractivity contribution >= 4 is 23.1 Å². The first-order valence-corrected chi connectivity index (χ1v) is 11.2. The van der Waals surface area contributed by atoms with Crippen LogP contribution in [0.15, 0.2) is 78.5 Å². The second-order valence-electron chi connectivity index (χ2n) is 8.10. The van der Waals surface area contributed by atoms with Crippen LogP contribution in [-0.4, -0.2) is 29.9 Å². The highest BCUT2D eigenvalue weighted by Crippen LogP contribution is 2.34. The topological polar surface area (TPSA) is 58.6 Å². The zero-order valence-corrected chi connectivity index (χ0v) is 19.2. The van der Waals surface area contributed by atoms with Crippen LogP contribution in [-0.2, 0) is 16.0 Å². The van der Waals surface area contributed by atoms with Crippen molar-refractivity contribution in [2.45, 2.75) is 27.2 Å². The summed E-state index contributed by atoms with van der Waals surface area (Å²) in [6, 6.07) is 23.2. The van der Waals surface area contributed by atoms with Crippen LogP contribution in [0.4, 0.5) is 5.69 Å². The van der Waals surface area contributed by atoms with Crippen molar-refractivity contribution in [3.63, 3.8) is 0 Å². The van der Waals surface area contributed by atoms with Gasteiger partial charge in [0.1, 0.15) is 11.4 Å². The highest BCUT2D eigenvalue weighted by atomic mass is 16.5. The molecule has 0 unspecified atom stereocenters. The Morgan fingerprint density at radius 1 is 0.848 bits per heavy atom. The van der Waals surface area contributed by atoms with E-state index >= 15 is 0 Å². The van der Waals surface area contributed by atoms with Crippen LogP contribution in [0.1, 0.15) is 29.2 Å². The second kappa shape index (κ2) is 9.74. The third-order valence-corrected chi connectivity index (χ3v) is 5.88. The molecule has 0 radical (unpaired) electrons. The van der Waals surface area contributed by atoms with Crippen LogP contribution in [0.3, 0.4) is 0 Å². The molecule has 3 aromatic rings. The molecule has 0 aromatic heterocycles. The molecule has 5 heteroatoms. The summed E-state index contributed by atoms with van der Waals surface area (Å²) in [6.07, 6.45) is 0.599. The van der Waals surface area contributed by atoms with E-state index in [1.807, 2.05) is 93.6 Å². The normalized spacial score (nSPS) is 13.6. The highest BCUT2D eigenvalue weighted by Gasteiger charge is 2.39. The number of ether oxygens (including phenoxy) is 1. The van der Waals surface area contributed by atoms with Gasteiger partial charge in [-0.15, -0.1) is 0 Å². The molecular formula is C28H28N2O3. The molecule has 4 rings (SSSR count). The number of carbonyl (C=O) groups is 2. The molecule has 0 saturated heterocycles. The fourth-order valence-electron chi connectivity index (χ4n) is 3.93. The first kappa shape index (κ1) is 22.3. The lowest BCUT2D eigenvalue weighted by atomic mass is 9.99. The Morgan fingerprint density at radius 2 is 1.58 bits per heavy atom. The molecule has 0 bridgehead atoms. The first-order chi connectivity index (χ1) is 16.0. The fraction of sp³-hybridized carbons (Fsp3) is 0.214. The lowest BCUT2D eigenvalue weighted by Crippen LogP contribution is -2.34. The first-order valence-electron chi connectivity index (χ1n) is 11.2. The molecule has 2 amide bonds. The summed E-state index contributed by atoms with van der Waals surface area (Å²) in [4.78, 5) is 28.3. The number of imide groups is 1. The smallest absolute Gasteiger partial charge is 0.278 e. The molecule has 3 aromatic carbocycles. The van der Waals surface area contributed by atoms with Crippen LogP contribution in [0.25, 0.3) is 5.57 Å². The average Bonchev–Trinajstić information content (AvgIpc) is 3.05. The molecule has 1 aliphatic rings. The number of nitrogens with one attached hydrogen (secondary N) is 1. The van der Waals surface area contributed by atoms with Crippen molar-refractivity contribution in [3.05, 3.63) is 101 Å². The van der Waals surface area contributed by atoms with Crippen LogP contribution in [0.2, 0.25) is 0 Å². The molecule has 0 aliphatic carbocycles. The zero-order valence-electron chi connectivity index (χ0n) is 19.2. The minimum atomic E-state index is -0.324. The Labute approximate surface area is 194 Å². The van der Waals surface area contributed by atoms with Gasteiger partial charge in [0.25, 0.3) is 11.8 Å². The summed E-state index contributed by atoms with van der Waals surface area (Å²) in [5.41, 5.74) is 5.34. The van der Waals surface area contributed by atoms with Gasteiger partial charge in [-0.2, -0.15) is 0 Å². The van der Waals surface area contributed by atoms with E-state index < -0.39 is 0 Å². The van der Waals surface area contributed by atoms with E-state index in [1.54, 1.807) is 0 Å². The van der Waals surface area contributed by atoms with E-state index in [4.69, 9.17) is 4.74 Å². The maximum atomic E-state index is 13.5. The maximum absolute atomic E-state index is 13.5. The summed E-state index contributed by atoms with van der Waals surface area (Å²) in [5, 5.41) is 3.23. The maximum Gasteiger partial charge on any atom is 0.278 e. The van der Waals surface area contributed by atoms with Crippen molar-refractivity contribution in [2.24, 2.45) is 0 Å². The third kappa shape index (κ3) is 4.67. The van der Waals surface area contributed by atoms with Crippen molar-refractivity contribution in [3.8, 4) is 5.75 Å². The average molecular weight is 441 g/mol. The van der Waals surface area contributed by atoms with Gasteiger partial charge < -0.3 is 10.1 Å². The standard InChI is InChI=1S/C28H28N2O3/c1-4-33-24-13-9-8-12-23(24)29-26-25(22-15-14-19(2)20(3)18-22)27(31)30(28(26)32)17-16-21-10-6-5-7-11-21/h5-15,18,29H,4,16-17H2,1-3H3. The van der Waals surface area contributed by atoms with Gasteiger partial charge in [0.15, 0.2) is 0 Å². The Bertz CT molecular complexity index is 1210. The largest absolute Gasteiger partial charge is 0.492 e. The van der Waals surface area contributed by atoms with E-state index in [-0.39, 0.29) is 17.5 Å². The summed E-state index contributed by atoms with van der Waals surface area (Å²) in [6.45, 7) is 6.75. The summed E-state index contributed by atoms with van der Waals surface area (Å²) in [7, 11) is 0. The minimum absolute atomic E-state index is 0.281. The number of para-hydroxylation sites is 2. The SMILES string of the molecule is CCOc1ccccc1NC1=C(c2ccc(C)c(C)c2)C(=O)N(CCc2ccccc2)C1=O. The number of nitrogens with zero attached hydrogens (tertiary/aromatic N) is 1. The molecule has 5 nitrogen and oxygen atoms in total. The molecule has 1 N–H and O–H groups in total. The van der Waals surface area contributed by atoms with Gasteiger partial charge >= 0.3 is 0 Å². The molecule has 1 heterocycles. The quantitative estimate of drug-likeness (QED) is 0.493. The van der Waals surface area contributed by atoms with Crippen molar-refractivity contribution < 1.29 is 14.3 Å². The summed E-state index contributed by atoms with van der Waals surface area (Å²) < 4.78 is 5.72. The van der Waals surface area contributed by atoms with Crippen molar-refractivity contribution in [1.82, 2.24) is 4.90 Å². The zero-order chi connectivity index (χ0) is 23.4. The Morgan fingerprint density at radius 3 is 2.30 bits per heavy atom. The number of carbonyl (C=O) groups excluding carboxylic acids is 2. The molecule has 33 heavy (non-hydrogen) atoms. The molecule has 0 fully saturated rings. The molecule has 0 atom stereocenters. The molecule has 0 saturated carbocycles. The van der Waals surface area contributed by atoms with E-state index in [0.29, 0.717) is 36.6 Å². The van der Waals surface area contributed by atoms with E-state index in [1.165, 1.54) is 4.90 Å². The summed E-state index contributed by atoms with van der Waals surface area (Å²) >= 11 is 0. The predicted octanol–water partition coefficient (Wildman–Crippen LogP) is 5.14. The third-order valence-electron chi connectivity index (χ3n) is 5.88. The molecule has 168 valence electrons. The van der Waals surface area contributed by atoms with Crippen molar-refractivity contribution in [1.29, 1.82) is 0 Å². The van der Waals surface area contributed by atoms with Crippen LogP contribution < -0.4 is 10.1 Å². The number of anilines is 1. The van der Waals surface area contributed by atoms with Crippen molar-refractivity contribution in [2.75, 3.05) is 18.5 Å². The van der Waals surface area contributed by atoms with Crippen LogP contribution >= 0.6 is 0 Å². The number of rotatable bonds is 8. The Kier molecular flexibility index (Phi) is 6.59. The van der Waals surface area contributed by atoms with Gasteiger partial charge in [0, 0.05) is 6.54 Å². The van der Waals surface area contributed by atoms with E-state index in [9.17, 15) is 9.59 Å². The molecule has 0 spiro atoms. The van der Waals surface area contributed by atoms with Gasteiger partial charge in [0.2, 0.25) is 0 Å². The monoisotopic (exact) mass is 440 g/mol. The van der Waals surface area contributed by atoms with Gasteiger partial charge in [0.05, 0.1) is 17.9 Å². The predicted molar refractivity (Wildman–Crippen MR) is 131 cm³/mol. The van der Waals surface area contributed by atoms with Gasteiger partial charge in [-0.25, -0.2) is 0 Å². The highest BCUT2D eigenvalue weighted by molar-refractivity contribution is 6.36.